The van der Waals surface area contributed by atoms with Crippen molar-refractivity contribution >= 4 is 35.9 Å². The Kier molecular flexibility index (Phi) is 10.1. The van der Waals surface area contributed by atoms with E-state index in [1.807, 2.05) is 13.0 Å². The zero-order valence-electron chi connectivity index (χ0n) is 16.7. The quantitative estimate of drug-likeness (QED) is 0.336. The first-order chi connectivity index (χ1) is 13.7. The highest BCUT2D eigenvalue weighted by atomic mass is 127. The van der Waals surface area contributed by atoms with Gasteiger partial charge in [-0.3, -0.25) is 4.90 Å². The molecule has 1 saturated heterocycles. The molecule has 1 aliphatic heterocycles. The van der Waals surface area contributed by atoms with E-state index >= 15 is 0 Å². The first-order valence-electron chi connectivity index (χ1n) is 9.75. The molecule has 2 heterocycles. The minimum absolute atomic E-state index is 0. The number of anilines is 1. The largest absolute Gasteiger partial charge is 0.357 e. The number of halogens is 2. The standard InChI is InChI=1S/C20H28FN7.HI/c1-2-22-19(26-16-17-4-6-18(21)7-5-17)23-10-11-27-12-14-28(15-13-27)20-24-8-3-9-25-20;/h3-9H,2,10-16H2,1H3,(H2,22,23,26);1H. The molecule has 0 radical (unpaired) electrons. The van der Waals surface area contributed by atoms with E-state index in [4.69, 9.17) is 0 Å². The van der Waals surface area contributed by atoms with E-state index in [0.717, 1.165) is 63.3 Å². The van der Waals surface area contributed by atoms with Crippen molar-refractivity contribution in [3.05, 3.63) is 54.1 Å². The van der Waals surface area contributed by atoms with Crippen LogP contribution < -0.4 is 15.5 Å². The lowest BCUT2D eigenvalue weighted by Gasteiger charge is -2.34. The lowest BCUT2D eigenvalue weighted by Crippen LogP contribution is -2.49. The highest BCUT2D eigenvalue weighted by Gasteiger charge is 2.18. The predicted molar refractivity (Wildman–Crippen MR) is 125 cm³/mol. The number of nitrogens with one attached hydrogen (secondary N) is 2. The van der Waals surface area contributed by atoms with E-state index in [-0.39, 0.29) is 29.8 Å². The molecule has 1 aromatic carbocycles. The van der Waals surface area contributed by atoms with Crippen LogP contribution in [0, 0.1) is 5.82 Å². The van der Waals surface area contributed by atoms with Crippen LogP contribution in [0.15, 0.2) is 47.7 Å². The molecule has 29 heavy (non-hydrogen) atoms. The highest BCUT2D eigenvalue weighted by Crippen LogP contribution is 2.09. The summed E-state index contributed by atoms with van der Waals surface area (Å²) in [7, 11) is 0. The second-order valence-corrected chi connectivity index (χ2v) is 6.63. The summed E-state index contributed by atoms with van der Waals surface area (Å²) in [5.74, 6) is 1.36. The topological polar surface area (TPSA) is 68.7 Å². The first-order valence-corrected chi connectivity index (χ1v) is 9.75. The Hall–Kier alpha value is -2.01. The number of piperazine rings is 1. The number of aromatic nitrogens is 2. The number of hydrogen-bond donors (Lipinski definition) is 2. The van der Waals surface area contributed by atoms with E-state index in [1.165, 1.54) is 12.1 Å². The van der Waals surface area contributed by atoms with Gasteiger partial charge in [0.15, 0.2) is 5.96 Å². The Labute approximate surface area is 188 Å². The van der Waals surface area contributed by atoms with Crippen molar-refractivity contribution < 1.29 is 4.39 Å². The maximum atomic E-state index is 13.0. The third-order valence-electron chi connectivity index (χ3n) is 4.60. The molecule has 0 aliphatic carbocycles. The first kappa shape index (κ1) is 23.3. The Morgan fingerprint density at radius 3 is 2.41 bits per heavy atom. The van der Waals surface area contributed by atoms with Crippen LogP contribution in [0.25, 0.3) is 0 Å². The molecule has 1 fully saturated rings. The van der Waals surface area contributed by atoms with Crippen LogP contribution in [0.3, 0.4) is 0 Å². The van der Waals surface area contributed by atoms with Crippen molar-refractivity contribution in [3.63, 3.8) is 0 Å². The SMILES string of the molecule is CCNC(=NCc1ccc(F)cc1)NCCN1CCN(c2ncccn2)CC1.I. The van der Waals surface area contributed by atoms with Crippen LogP contribution in [0.1, 0.15) is 12.5 Å². The molecule has 3 rings (SSSR count). The zero-order valence-corrected chi connectivity index (χ0v) is 19.1. The maximum Gasteiger partial charge on any atom is 0.225 e. The van der Waals surface area contributed by atoms with Gasteiger partial charge in [-0.1, -0.05) is 12.1 Å². The van der Waals surface area contributed by atoms with Crippen LogP contribution in [0.2, 0.25) is 0 Å². The minimum atomic E-state index is -0.225. The second-order valence-electron chi connectivity index (χ2n) is 6.63. The number of aliphatic imine (C=N–C) groups is 1. The second kappa shape index (κ2) is 12.5. The van der Waals surface area contributed by atoms with Crippen LogP contribution in [-0.4, -0.2) is 66.6 Å². The number of rotatable bonds is 7. The molecule has 7 nitrogen and oxygen atoms in total. The molecule has 0 atom stereocenters. The average Bonchev–Trinajstić information content (AvgIpc) is 2.74. The fraction of sp³-hybridized carbons (Fsp3) is 0.450. The van der Waals surface area contributed by atoms with Gasteiger partial charge in [-0.05, 0) is 30.7 Å². The van der Waals surface area contributed by atoms with Gasteiger partial charge in [-0.25, -0.2) is 19.4 Å². The summed E-state index contributed by atoms with van der Waals surface area (Å²) in [6, 6.07) is 8.29. The van der Waals surface area contributed by atoms with Crippen LogP contribution >= 0.6 is 24.0 Å². The molecule has 0 bridgehead atoms. The van der Waals surface area contributed by atoms with Crippen molar-refractivity contribution in [2.75, 3.05) is 50.7 Å². The van der Waals surface area contributed by atoms with Crippen molar-refractivity contribution in [1.29, 1.82) is 0 Å². The van der Waals surface area contributed by atoms with Gasteiger partial charge in [0.1, 0.15) is 5.82 Å². The zero-order chi connectivity index (χ0) is 19.6. The van der Waals surface area contributed by atoms with Crippen molar-refractivity contribution in [2.24, 2.45) is 4.99 Å². The monoisotopic (exact) mass is 513 g/mol. The smallest absolute Gasteiger partial charge is 0.225 e. The number of hydrogen-bond acceptors (Lipinski definition) is 5. The molecule has 1 aliphatic rings. The van der Waals surface area contributed by atoms with E-state index in [0.29, 0.717) is 6.54 Å². The summed E-state index contributed by atoms with van der Waals surface area (Å²) in [6.45, 7) is 8.97. The molecule has 0 saturated carbocycles. The van der Waals surface area contributed by atoms with Gasteiger partial charge >= 0.3 is 0 Å². The van der Waals surface area contributed by atoms with E-state index in [9.17, 15) is 4.39 Å². The van der Waals surface area contributed by atoms with Gasteiger partial charge < -0.3 is 15.5 Å². The summed E-state index contributed by atoms with van der Waals surface area (Å²) in [6.07, 6.45) is 3.57. The van der Waals surface area contributed by atoms with Gasteiger partial charge in [0, 0.05) is 58.2 Å². The molecule has 158 valence electrons. The predicted octanol–water partition coefficient (Wildman–Crippen LogP) is 2.11. The summed E-state index contributed by atoms with van der Waals surface area (Å²) in [5.41, 5.74) is 0.984. The molecule has 0 amide bonds. The molecule has 2 N–H and O–H groups in total. The third kappa shape index (κ3) is 7.73. The Morgan fingerprint density at radius 2 is 1.76 bits per heavy atom. The van der Waals surface area contributed by atoms with E-state index < -0.39 is 0 Å². The van der Waals surface area contributed by atoms with Gasteiger partial charge in [0.25, 0.3) is 0 Å². The number of guanidine groups is 1. The lowest BCUT2D eigenvalue weighted by molar-refractivity contribution is 0.260. The number of benzene rings is 1. The molecule has 2 aromatic rings. The van der Waals surface area contributed by atoms with Gasteiger partial charge in [-0.2, -0.15) is 0 Å². The molecular weight excluding hydrogens is 484 g/mol. The van der Waals surface area contributed by atoms with Gasteiger partial charge in [0.05, 0.1) is 6.54 Å². The molecular formula is C20H29FIN7. The minimum Gasteiger partial charge on any atom is -0.357 e. The van der Waals surface area contributed by atoms with Crippen molar-refractivity contribution in [2.45, 2.75) is 13.5 Å². The summed E-state index contributed by atoms with van der Waals surface area (Å²) < 4.78 is 13.0. The summed E-state index contributed by atoms with van der Waals surface area (Å²) >= 11 is 0. The molecule has 1 aromatic heterocycles. The van der Waals surface area contributed by atoms with E-state index in [1.54, 1.807) is 24.5 Å². The fourth-order valence-electron chi connectivity index (χ4n) is 3.06. The third-order valence-corrected chi connectivity index (χ3v) is 4.60. The van der Waals surface area contributed by atoms with E-state index in [2.05, 4.69) is 35.4 Å². The Bertz CT molecular complexity index is 734. The lowest BCUT2D eigenvalue weighted by atomic mass is 10.2. The van der Waals surface area contributed by atoms with Gasteiger partial charge in [-0.15, -0.1) is 24.0 Å². The Balaban J connectivity index is 0.00000300. The molecule has 9 heteroatoms. The maximum absolute atomic E-state index is 13.0. The molecule has 0 spiro atoms. The van der Waals surface area contributed by atoms with Gasteiger partial charge in [0.2, 0.25) is 5.95 Å². The summed E-state index contributed by atoms with van der Waals surface area (Å²) in [5, 5.41) is 6.63. The summed E-state index contributed by atoms with van der Waals surface area (Å²) in [4.78, 5) is 17.9. The Morgan fingerprint density at radius 1 is 1.07 bits per heavy atom. The fourth-order valence-corrected chi connectivity index (χ4v) is 3.06. The number of nitrogens with zero attached hydrogens (tertiary/aromatic N) is 5. The molecule has 0 unspecified atom stereocenters. The van der Waals surface area contributed by atoms with Crippen LogP contribution in [-0.2, 0) is 6.54 Å². The van der Waals surface area contributed by atoms with Crippen molar-refractivity contribution in [3.8, 4) is 0 Å². The van der Waals surface area contributed by atoms with Crippen molar-refractivity contribution in [1.82, 2.24) is 25.5 Å². The van der Waals surface area contributed by atoms with Crippen LogP contribution in [0.5, 0.6) is 0 Å². The average molecular weight is 513 g/mol. The van der Waals surface area contributed by atoms with Crippen LogP contribution in [0.4, 0.5) is 10.3 Å². The normalized spacial score (nSPS) is 15.0. The highest BCUT2D eigenvalue weighted by molar-refractivity contribution is 14.0.